The number of benzene rings is 1. The Morgan fingerprint density at radius 2 is 2.06 bits per heavy atom. The third-order valence-corrected chi connectivity index (χ3v) is 1.90. The maximum atomic E-state index is 11.3. The quantitative estimate of drug-likeness (QED) is 0.602. The van der Waals surface area contributed by atoms with Crippen LogP contribution in [0.3, 0.4) is 0 Å². The maximum Gasteiger partial charge on any atom is 0.350 e. The standard InChI is InChI=1S/C13H14O3/c1-3-16-12(14)13(2,15)10-9-11-7-5-4-6-8-11/h4-8,15H,3H2,1-2H3/t13-/m1/s1. The molecule has 0 aliphatic heterocycles. The molecule has 0 unspecified atom stereocenters. The van der Waals surface area contributed by atoms with E-state index in [-0.39, 0.29) is 6.61 Å². The zero-order chi connectivity index (χ0) is 12.0. The Balaban J connectivity index is 2.80. The largest absolute Gasteiger partial charge is 0.463 e. The zero-order valence-electron chi connectivity index (χ0n) is 9.36. The molecule has 0 aliphatic carbocycles. The second-order valence-corrected chi connectivity index (χ2v) is 3.41. The molecule has 0 aromatic heterocycles. The van der Waals surface area contributed by atoms with Gasteiger partial charge in [0, 0.05) is 5.56 Å². The number of carbonyl (C=O) groups is 1. The molecular formula is C13H14O3. The van der Waals surface area contributed by atoms with Crippen molar-refractivity contribution >= 4 is 5.97 Å². The fourth-order valence-corrected chi connectivity index (χ4v) is 1.04. The highest BCUT2D eigenvalue weighted by Crippen LogP contribution is 2.05. The van der Waals surface area contributed by atoms with Gasteiger partial charge in [-0.2, -0.15) is 0 Å². The lowest BCUT2D eigenvalue weighted by molar-refractivity contribution is -0.157. The normalized spacial score (nSPS) is 13.2. The van der Waals surface area contributed by atoms with Gasteiger partial charge in [-0.25, -0.2) is 4.79 Å². The highest BCUT2D eigenvalue weighted by molar-refractivity contribution is 5.82. The average molecular weight is 218 g/mol. The van der Waals surface area contributed by atoms with Crippen molar-refractivity contribution in [1.29, 1.82) is 0 Å². The van der Waals surface area contributed by atoms with Gasteiger partial charge in [-0.3, -0.25) is 0 Å². The summed E-state index contributed by atoms with van der Waals surface area (Å²) in [7, 11) is 0. The van der Waals surface area contributed by atoms with Gasteiger partial charge in [-0.05, 0) is 26.0 Å². The lowest BCUT2D eigenvalue weighted by Gasteiger charge is -2.13. The van der Waals surface area contributed by atoms with Crippen molar-refractivity contribution in [2.24, 2.45) is 0 Å². The van der Waals surface area contributed by atoms with Crippen molar-refractivity contribution in [3.63, 3.8) is 0 Å². The van der Waals surface area contributed by atoms with E-state index in [9.17, 15) is 9.90 Å². The highest BCUT2D eigenvalue weighted by Gasteiger charge is 2.29. The Labute approximate surface area is 95.1 Å². The minimum absolute atomic E-state index is 0.224. The summed E-state index contributed by atoms with van der Waals surface area (Å²) in [5.41, 5.74) is -1.02. The van der Waals surface area contributed by atoms with Crippen molar-refractivity contribution in [2.75, 3.05) is 6.61 Å². The Kier molecular flexibility index (Phi) is 4.10. The number of ether oxygens (including phenoxy) is 1. The summed E-state index contributed by atoms with van der Waals surface area (Å²) in [5.74, 6) is 4.49. The Hall–Kier alpha value is -1.79. The van der Waals surface area contributed by atoms with Gasteiger partial charge in [0.05, 0.1) is 6.61 Å². The van der Waals surface area contributed by atoms with E-state index in [2.05, 4.69) is 11.8 Å². The maximum absolute atomic E-state index is 11.3. The minimum atomic E-state index is -1.76. The van der Waals surface area contributed by atoms with Crippen LogP contribution in [-0.4, -0.2) is 23.3 Å². The SMILES string of the molecule is CCOC(=O)[C@](C)(O)C#Cc1ccccc1. The molecule has 84 valence electrons. The number of rotatable bonds is 2. The van der Waals surface area contributed by atoms with E-state index >= 15 is 0 Å². The van der Waals surface area contributed by atoms with Crippen LogP contribution in [0.15, 0.2) is 30.3 Å². The van der Waals surface area contributed by atoms with E-state index in [1.54, 1.807) is 19.1 Å². The van der Waals surface area contributed by atoms with E-state index in [4.69, 9.17) is 4.74 Å². The molecule has 1 aromatic carbocycles. The van der Waals surface area contributed by atoms with E-state index in [1.165, 1.54) is 6.92 Å². The number of hydrogen-bond acceptors (Lipinski definition) is 3. The molecule has 0 heterocycles. The summed E-state index contributed by atoms with van der Waals surface area (Å²) >= 11 is 0. The van der Waals surface area contributed by atoms with Gasteiger partial charge < -0.3 is 9.84 Å². The van der Waals surface area contributed by atoms with E-state index in [0.29, 0.717) is 0 Å². The molecule has 0 bridgehead atoms. The summed E-state index contributed by atoms with van der Waals surface area (Å²) in [6.45, 7) is 3.22. The molecule has 1 N–H and O–H groups in total. The van der Waals surface area contributed by atoms with Crippen LogP contribution >= 0.6 is 0 Å². The van der Waals surface area contributed by atoms with E-state index < -0.39 is 11.6 Å². The molecule has 0 amide bonds. The Bertz CT molecular complexity index is 410. The number of esters is 1. The van der Waals surface area contributed by atoms with Crippen molar-refractivity contribution < 1.29 is 14.6 Å². The van der Waals surface area contributed by atoms with Gasteiger partial charge in [-0.15, -0.1) is 0 Å². The Morgan fingerprint density at radius 3 is 2.62 bits per heavy atom. The van der Waals surface area contributed by atoms with Gasteiger partial charge in [0.1, 0.15) is 0 Å². The van der Waals surface area contributed by atoms with Gasteiger partial charge in [0.25, 0.3) is 0 Å². The van der Waals surface area contributed by atoms with E-state index in [0.717, 1.165) is 5.56 Å². The third kappa shape index (κ3) is 3.41. The molecule has 0 saturated carbocycles. The third-order valence-electron chi connectivity index (χ3n) is 1.90. The van der Waals surface area contributed by atoms with Crippen molar-refractivity contribution in [3.8, 4) is 11.8 Å². The molecule has 0 fully saturated rings. The summed E-state index contributed by atoms with van der Waals surface area (Å²) in [4.78, 5) is 11.3. The summed E-state index contributed by atoms with van der Waals surface area (Å²) in [6.07, 6.45) is 0. The molecule has 1 aromatic rings. The van der Waals surface area contributed by atoms with Crippen LogP contribution in [0.25, 0.3) is 0 Å². The van der Waals surface area contributed by atoms with Crippen molar-refractivity contribution in [3.05, 3.63) is 35.9 Å². The summed E-state index contributed by atoms with van der Waals surface area (Å²) < 4.78 is 4.70. The molecule has 0 saturated heterocycles. The second-order valence-electron chi connectivity index (χ2n) is 3.41. The van der Waals surface area contributed by atoms with Crippen LogP contribution in [0.2, 0.25) is 0 Å². The smallest absolute Gasteiger partial charge is 0.350 e. The first-order valence-corrected chi connectivity index (χ1v) is 5.04. The van der Waals surface area contributed by atoms with Gasteiger partial charge in [0.2, 0.25) is 5.60 Å². The summed E-state index contributed by atoms with van der Waals surface area (Å²) in [6, 6.07) is 9.14. The highest BCUT2D eigenvalue weighted by atomic mass is 16.5. The van der Waals surface area contributed by atoms with Crippen LogP contribution in [0.1, 0.15) is 19.4 Å². The second kappa shape index (κ2) is 5.34. The topological polar surface area (TPSA) is 46.5 Å². The average Bonchev–Trinajstić information content (AvgIpc) is 2.28. The van der Waals surface area contributed by atoms with Crippen LogP contribution in [0.5, 0.6) is 0 Å². The van der Waals surface area contributed by atoms with Crippen molar-refractivity contribution in [2.45, 2.75) is 19.4 Å². The summed E-state index contributed by atoms with van der Waals surface area (Å²) in [5, 5.41) is 9.73. The predicted molar refractivity (Wildman–Crippen MR) is 60.6 cm³/mol. The molecule has 3 nitrogen and oxygen atoms in total. The van der Waals surface area contributed by atoms with Gasteiger partial charge in [-0.1, -0.05) is 30.0 Å². The molecular weight excluding hydrogens is 204 g/mol. The monoisotopic (exact) mass is 218 g/mol. The lowest BCUT2D eigenvalue weighted by Crippen LogP contribution is -2.35. The minimum Gasteiger partial charge on any atom is -0.463 e. The number of aliphatic hydroxyl groups is 1. The Morgan fingerprint density at radius 1 is 1.44 bits per heavy atom. The van der Waals surface area contributed by atoms with Crippen LogP contribution in [0, 0.1) is 11.8 Å². The first-order valence-electron chi connectivity index (χ1n) is 5.04. The van der Waals surface area contributed by atoms with Crippen LogP contribution in [-0.2, 0) is 9.53 Å². The first kappa shape index (κ1) is 12.3. The molecule has 16 heavy (non-hydrogen) atoms. The van der Waals surface area contributed by atoms with Gasteiger partial charge in [0.15, 0.2) is 0 Å². The molecule has 1 rings (SSSR count). The zero-order valence-corrected chi connectivity index (χ0v) is 9.36. The molecule has 0 spiro atoms. The number of hydrogen-bond donors (Lipinski definition) is 1. The predicted octanol–water partition coefficient (Wildman–Crippen LogP) is 1.35. The van der Waals surface area contributed by atoms with Crippen molar-refractivity contribution in [1.82, 2.24) is 0 Å². The molecule has 0 aliphatic rings. The van der Waals surface area contributed by atoms with Crippen LogP contribution in [0.4, 0.5) is 0 Å². The lowest BCUT2D eigenvalue weighted by atomic mass is 10.1. The number of carbonyl (C=O) groups excluding carboxylic acids is 1. The fourth-order valence-electron chi connectivity index (χ4n) is 1.04. The van der Waals surface area contributed by atoms with Gasteiger partial charge >= 0.3 is 5.97 Å². The van der Waals surface area contributed by atoms with Crippen LogP contribution < -0.4 is 0 Å². The molecule has 1 atom stereocenters. The first-order chi connectivity index (χ1) is 7.56. The molecule has 0 radical (unpaired) electrons. The fraction of sp³-hybridized carbons (Fsp3) is 0.308. The molecule has 3 heteroatoms. The van der Waals surface area contributed by atoms with E-state index in [1.807, 2.05) is 18.2 Å².